The molecule has 0 amide bonds. The molecule has 0 aromatic carbocycles. The molecule has 2 N–H and O–H groups in total. The second kappa shape index (κ2) is 8.15. The number of fused-ring (bicyclic) bond motifs is 1. The number of nitrogens with zero attached hydrogens (tertiary/aromatic N) is 3. The van der Waals surface area contributed by atoms with Crippen LogP contribution in [0.3, 0.4) is 0 Å². The van der Waals surface area contributed by atoms with Crippen LogP contribution in [0.2, 0.25) is 0 Å². The van der Waals surface area contributed by atoms with Crippen molar-refractivity contribution >= 4 is 11.6 Å². The molecule has 6 heteroatoms. The number of guanidine groups is 1. The van der Waals surface area contributed by atoms with Crippen molar-refractivity contribution in [3.05, 3.63) is 35.8 Å². The monoisotopic (exact) mass is 331 g/mol. The molecule has 0 saturated heterocycles. The van der Waals surface area contributed by atoms with Crippen LogP contribution in [0.1, 0.15) is 32.0 Å². The Kier molecular flexibility index (Phi) is 6.20. The molecule has 132 valence electrons. The van der Waals surface area contributed by atoms with Crippen LogP contribution in [0.5, 0.6) is 0 Å². The third-order valence-electron chi connectivity index (χ3n) is 3.92. The molecule has 2 aromatic heterocycles. The first-order valence-electron chi connectivity index (χ1n) is 8.45. The molecule has 0 saturated carbocycles. The molecule has 0 fully saturated rings. The largest absolute Gasteiger partial charge is 0.377 e. The summed E-state index contributed by atoms with van der Waals surface area (Å²) >= 11 is 0. The zero-order valence-corrected chi connectivity index (χ0v) is 15.4. The van der Waals surface area contributed by atoms with E-state index in [1.54, 1.807) is 7.11 Å². The van der Waals surface area contributed by atoms with Crippen molar-refractivity contribution in [2.45, 2.75) is 39.7 Å². The summed E-state index contributed by atoms with van der Waals surface area (Å²) in [7, 11) is 1.71. The van der Waals surface area contributed by atoms with Crippen LogP contribution in [-0.4, -0.2) is 47.7 Å². The first kappa shape index (κ1) is 18.3. The fraction of sp³-hybridized carbons (Fsp3) is 0.556. The highest BCUT2D eigenvalue weighted by Crippen LogP contribution is 2.10. The number of aliphatic imine (C=N–C) groups is 1. The average molecular weight is 331 g/mol. The molecular weight excluding hydrogens is 302 g/mol. The summed E-state index contributed by atoms with van der Waals surface area (Å²) in [5.41, 5.74) is 3.02. The zero-order chi connectivity index (χ0) is 17.6. The van der Waals surface area contributed by atoms with E-state index in [0.717, 1.165) is 36.8 Å². The van der Waals surface area contributed by atoms with E-state index in [1.165, 1.54) is 5.56 Å². The lowest BCUT2D eigenvalue weighted by molar-refractivity contribution is 0.0310. The minimum absolute atomic E-state index is 0.262. The Hall–Kier alpha value is -2.08. The van der Waals surface area contributed by atoms with Gasteiger partial charge in [0.1, 0.15) is 5.65 Å². The first-order chi connectivity index (χ1) is 11.4. The van der Waals surface area contributed by atoms with Crippen LogP contribution >= 0.6 is 0 Å². The highest BCUT2D eigenvalue weighted by Gasteiger charge is 2.15. The highest BCUT2D eigenvalue weighted by molar-refractivity contribution is 5.79. The normalized spacial score (nSPS) is 12.6. The van der Waals surface area contributed by atoms with E-state index < -0.39 is 0 Å². The molecule has 0 spiro atoms. The Bertz CT molecular complexity index is 690. The molecular formula is C18H29N5O. The van der Waals surface area contributed by atoms with Gasteiger partial charge in [-0.2, -0.15) is 0 Å². The van der Waals surface area contributed by atoms with Gasteiger partial charge in [0.25, 0.3) is 0 Å². The molecule has 2 aromatic rings. The number of methoxy groups -OCH3 is 1. The number of hydrogen-bond acceptors (Lipinski definition) is 3. The van der Waals surface area contributed by atoms with Gasteiger partial charge < -0.3 is 19.8 Å². The Labute approximate surface area is 144 Å². The lowest BCUT2D eigenvalue weighted by Gasteiger charge is -2.21. The number of hydrogen-bond donors (Lipinski definition) is 2. The van der Waals surface area contributed by atoms with Gasteiger partial charge in [-0.05, 0) is 39.3 Å². The molecule has 0 aliphatic carbocycles. The molecule has 0 aliphatic rings. The smallest absolute Gasteiger partial charge is 0.191 e. The molecule has 2 rings (SSSR count). The summed E-state index contributed by atoms with van der Waals surface area (Å²) in [6.07, 6.45) is 4.96. The number of pyridine rings is 1. The second-order valence-corrected chi connectivity index (χ2v) is 6.49. The molecule has 6 nitrogen and oxygen atoms in total. The Morgan fingerprint density at radius 2 is 2.17 bits per heavy atom. The first-order valence-corrected chi connectivity index (χ1v) is 8.45. The Morgan fingerprint density at radius 1 is 1.38 bits per heavy atom. The standard InChI is InChI=1S/C18H29N5O/c1-6-19-17(21-13-18(3,4)24-5)20-10-9-15-12-23-11-7-8-14(2)16(23)22-15/h7-8,11-12H,6,9-10,13H2,1-5H3,(H2,19,20,21). The lowest BCUT2D eigenvalue weighted by atomic mass is 10.1. The van der Waals surface area contributed by atoms with E-state index in [1.807, 2.05) is 26.1 Å². The SMILES string of the molecule is CCNC(=NCC(C)(C)OC)NCCc1cn2cccc(C)c2n1. The van der Waals surface area contributed by atoms with E-state index in [9.17, 15) is 0 Å². The fourth-order valence-corrected chi connectivity index (χ4v) is 2.31. The van der Waals surface area contributed by atoms with Crippen molar-refractivity contribution in [3.63, 3.8) is 0 Å². The highest BCUT2D eigenvalue weighted by atomic mass is 16.5. The van der Waals surface area contributed by atoms with Crippen molar-refractivity contribution in [2.75, 3.05) is 26.7 Å². The number of imidazole rings is 1. The van der Waals surface area contributed by atoms with Gasteiger partial charge in [-0.1, -0.05) is 6.07 Å². The summed E-state index contributed by atoms with van der Waals surface area (Å²) in [6.45, 7) is 10.4. The van der Waals surface area contributed by atoms with E-state index in [0.29, 0.717) is 6.54 Å². The third kappa shape index (κ3) is 4.96. The van der Waals surface area contributed by atoms with Crippen molar-refractivity contribution in [1.29, 1.82) is 0 Å². The summed E-state index contributed by atoms with van der Waals surface area (Å²) < 4.78 is 7.48. The van der Waals surface area contributed by atoms with Crippen molar-refractivity contribution < 1.29 is 4.74 Å². The maximum Gasteiger partial charge on any atom is 0.191 e. The second-order valence-electron chi connectivity index (χ2n) is 6.49. The molecule has 0 bridgehead atoms. The van der Waals surface area contributed by atoms with Gasteiger partial charge in [-0.15, -0.1) is 0 Å². The summed E-state index contributed by atoms with van der Waals surface area (Å²) in [4.78, 5) is 9.28. The van der Waals surface area contributed by atoms with Gasteiger partial charge in [0.05, 0.1) is 17.8 Å². The Morgan fingerprint density at radius 3 is 2.83 bits per heavy atom. The number of rotatable bonds is 7. The van der Waals surface area contributed by atoms with Crippen LogP contribution in [0.25, 0.3) is 5.65 Å². The van der Waals surface area contributed by atoms with Crippen molar-refractivity contribution in [1.82, 2.24) is 20.0 Å². The molecule has 0 unspecified atom stereocenters. The number of nitrogens with one attached hydrogen (secondary N) is 2. The Balaban J connectivity index is 1.94. The summed E-state index contributed by atoms with van der Waals surface area (Å²) in [6, 6.07) is 4.12. The minimum atomic E-state index is -0.262. The van der Waals surface area contributed by atoms with E-state index in [-0.39, 0.29) is 5.60 Å². The molecule has 2 heterocycles. The molecule has 24 heavy (non-hydrogen) atoms. The van der Waals surface area contributed by atoms with Gasteiger partial charge in [0.15, 0.2) is 5.96 Å². The van der Waals surface area contributed by atoms with E-state index in [2.05, 4.69) is 46.1 Å². The van der Waals surface area contributed by atoms with Gasteiger partial charge in [-0.25, -0.2) is 4.98 Å². The predicted octanol–water partition coefficient (Wildman–Crippen LogP) is 2.17. The van der Waals surface area contributed by atoms with Crippen LogP contribution < -0.4 is 10.6 Å². The zero-order valence-electron chi connectivity index (χ0n) is 15.4. The van der Waals surface area contributed by atoms with Crippen LogP contribution in [0.15, 0.2) is 29.5 Å². The maximum atomic E-state index is 5.41. The predicted molar refractivity (Wildman–Crippen MR) is 98.7 cm³/mol. The van der Waals surface area contributed by atoms with Crippen molar-refractivity contribution in [2.24, 2.45) is 4.99 Å². The fourth-order valence-electron chi connectivity index (χ4n) is 2.31. The minimum Gasteiger partial charge on any atom is -0.377 e. The van der Waals surface area contributed by atoms with Gasteiger partial charge in [0.2, 0.25) is 0 Å². The number of aryl methyl sites for hydroxylation is 1. The average Bonchev–Trinajstić information content (AvgIpc) is 2.97. The van der Waals surface area contributed by atoms with E-state index in [4.69, 9.17) is 9.72 Å². The summed E-state index contributed by atoms with van der Waals surface area (Å²) in [5, 5.41) is 6.62. The van der Waals surface area contributed by atoms with Crippen LogP contribution in [-0.2, 0) is 11.2 Å². The van der Waals surface area contributed by atoms with Gasteiger partial charge >= 0.3 is 0 Å². The topological polar surface area (TPSA) is 63.0 Å². The van der Waals surface area contributed by atoms with Gasteiger partial charge in [-0.3, -0.25) is 4.99 Å². The molecule has 0 radical (unpaired) electrons. The van der Waals surface area contributed by atoms with E-state index >= 15 is 0 Å². The maximum absolute atomic E-state index is 5.41. The lowest BCUT2D eigenvalue weighted by Crippen LogP contribution is -2.40. The van der Waals surface area contributed by atoms with Crippen molar-refractivity contribution in [3.8, 4) is 0 Å². The van der Waals surface area contributed by atoms with Gasteiger partial charge in [0, 0.05) is 39.0 Å². The molecule has 0 aliphatic heterocycles. The third-order valence-corrected chi connectivity index (χ3v) is 3.92. The molecule has 0 atom stereocenters. The van der Waals surface area contributed by atoms with Crippen LogP contribution in [0, 0.1) is 6.92 Å². The summed E-state index contributed by atoms with van der Waals surface area (Å²) in [5.74, 6) is 0.808. The van der Waals surface area contributed by atoms with Crippen LogP contribution in [0.4, 0.5) is 0 Å². The quantitative estimate of drug-likeness (QED) is 0.603. The number of aromatic nitrogens is 2. The number of ether oxygens (including phenoxy) is 1.